The molecule has 1 amide bonds. The average molecular weight is 317 g/mol. The summed E-state index contributed by atoms with van der Waals surface area (Å²) < 4.78 is 12.9. The predicted octanol–water partition coefficient (Wildman–Crippen LogP) is 2.15. The van der Waals surface area contributed by atoms with Crippen molar-refractivity contribution in [1.82, 2.24) is 15.1 Å². The third-order valence-corrected chi connectivity index (χ3v) is 4.23. The zero-order chi connectivity index (χ0) is 16.6. The van der Waals surface area contributed by atoms with Crippen LogP contribution >= 0.6 is 0 Å². The lowest BCUT2D eigenvalue weighted by Gasteiger charge is -2.19. The summed E-state index contributed by atoms with van der Waals surface area (Å²) in [6.45, 7) is 2.21. The van der Waals surface area contributed by atoms with Crippen molar-refractivity contribution in [2.75, 3.05) is 13.1 Å². The lowest BCUT2D eigenvalue weighted by atomic mass is 9.90. The Kier molecular flexibility index (Phi) is 3.63. The summed E-state index contributed by atoms with van der Waals surface area (Å²) >= 11 is 0. The third kappa shape index (κ3) is 2.81. The first-order chi connectivity index (χ1) is 10.9. The van der Waals surface area contributed by atoms with Crippen molar-refractivity contribution in [1.29, 1.82) is 0 Å². The van der Waals surface area contributed by atoms with Gasteiger partial charge in [-0.25, -0.2) is 4.39 Å². The summed E-state index contributed by atoms with van der Waals surface area (Å²) in [6, 6.07) is 7.40. The maximum absolute atomic E-state index is 12.9. The number of likely N-dealkylation sites (tertiary alicyclic amines) is 1. The first-order valence-corrected chi connectivity index (χ1v) is 7.23. The Balaban J connectivity index is 1.77. The minimum absolute atomic E-state index is 0.173. The molecule has 1 fully saturated rings. The van der Waals surface area contributed by atoms with E-state index in [0.717, 1.165) is 0 Å². The molecule has 1 aromatic carbocycles. The number of halogens is 1. The van der Waals surface area contributed by atoms with E-state index in [1.165, 1.54) is 17.0 Å². The number of aromatic nitrogens is 2. The van der Waals surface area contributed by atoms with Crippen LogP contribution in [0.15, 0.2) is 30.3 Å². The molecule has 2 aromatic rings. The normalized spacial score (nSPS) is 20.7. The standard InChI is InChI=1S/C16H16FN3O3/c1-16(15(22)23)6-7-20(9-16)14(21)13-8-12(18-19-13)10-2-4-11(17)5-3-10/h2-5,8H,6-7,9H2,1H3,(H,18,19)(H,22,23)/t16-/m0/s1. The van der Waals surface area contributed by atoms with E-state index >= 15 is 0 Å². The van der Waals surface area contributed by atoms with Gasteiger partial charge in [-0.2, -0.15) is 5.10 Å². The Morgan fingerprint density at radius 1 is 1.35 bits per heavy atom. The fourth-order valence-electron chi connectivity index (χ4n) is 2.68. The van der Waals surface area contributed by atoms with E-state index in [9.17, 15) is 19.1 Å². The van der Waals surface area contributed by atoms with Crippen molar-refractivity contribution in [3.8, 4) is 11.3 Å². The summed E-state index contributed by atoms with van der Waals surface area (Å²) in [5.74, 6) is -1.52. The molecule has 23 heavy (non-hydrogen) atoms. The van der Waals surface area contributed by atoms with Gasteiger partial charge in [-0.15, -0.1) is 0 Å². The Hall–Kier alpha value is -2.70. The molecule has 120 valence electrons. The van der Waals surface area contributed by atoms with Crippen LogP contribution < -0.4 is 0 Å². The van der Waals surface area contributed by atoms with Crippen LogP contribution in [-0.2, 0) is 4.79 Å². The number of hydrogen-bond donors (Lipinski definition) is 2. The number of nitrogens with zero attached hydrogens (tertiary/aromatic N) is 2. The van der Waals surface area contributed by atoms with Gasteiger partial charge in [0.05, 0.1) is 11.1 Å². The first-order valence-electron chi connectivity index (χ1n) is 7.23. The number of carboxylic acids is 1. The second-order valence-corrected chi connectivity index (χ2v) is 6.02. The highest BCUT2D eigenvalue weighted by Crippen LogP contribution is 2.31. The molecule has 6 nitrogen and oxygen atoms in total. The number of carbonyl (C=O) groups is 2. The Labute approximate surface area is 131 Å². The third-order valence-electron chi connectivity index (χ3n) is 4.23. The van der Waals surface area contributed by atoms with Crippen molar-refractivity contribution < 1.29 is 19.1 Å². The molecule has 3 rings (SSSR count). The zero-order valence-corrected chi connectivity index (χ0v) is 12.5. The van der Waals surface area contributed by atoms with Crippen LogP contribution in [0.1, 0.15) is 23.8 Å². The highest BCUT2D eigenvalue weighted by atomic mass is 19.1. The fourth-order valence-corrected chi connectivity index (χ4v) is 2.68. The van der Waals surface area contributed by atoms with Gasteiger partial charge < -0.3 is 10.0 Å². The minimum atomic E-state index is -0.907. The molecule has 0 radical (unpaired) electrons. The predicted molar refractivity (Wildman–Crippen MR) is 80.2 cm³/mol. The van der Waals surface area contributed by atoms with Gasteiger partial charge >= 0.3 is 5.97 Å². The minimum Gasteiger partial charge on any atom is -0.481 e. The van der Waals surface area contributed by atoms with Gasteiger partial charge in [0, 0.05) is 18.7 Å². The van der Waals surface area contributed by atoms with Gasteiger partial charge in [0.1, 0.15) is 11.5 Å². The van der Waals surface area contributed by atoms with E-state index in [0.29, 0.717) is 29.9 Å². The molecule has 0 aliphatic carbocycles. The molecule has 2 N–H and O–H groups in total. The van der Waals surface area contributed by atoms with Crippen LogP contribution in [0.2, 0.25) is 0 Å². The van der Waals surface area contributed by atoms with Crippen molar-refractivity contribution in [2.24, 2.45) is 5.41 Å². The maximum atomic E-state index is 12.9. The summed E-state index contributed by atoms with van der Waals surface area (Å²) in [6.07, 6.45) is 0.424. The molecule has 2 heterocycles. The Morgan fingerprint density at radius 2 is 2.04 bits per heavy atom. The van der Waals surface area contributed by atoms with Crippen LogP contribution in [0.25, 0.3) is 11.3 Å². The molecule has 7 heteroatoms. The smallest absolute Gasteiger partial charge is 0.311 e. The van der Waals surface area contributed by atoms with E-state index in [1.54, 1.807) is 25.1 Å². The van der Waals surface area contributed by atoms with Crippen LogP contribution in [0.4, 0.5) is 4.39 Å². The van der Waals surface area contributed by atoms with Gasteiger partial charge in [-0.3, -0.25) is 14.7 Å². The molecular weight excluding hydrogens is 301 g/mol. The second-order valence-electron chi connectivity index (χ2n) is 6.02. The van der Waals surface area contributed by atoms with Crippen molar-refractivity contribution in [2.45, 2.75) is 13.3 Å². The summed E-state index contributed by atoms with van der Waals surface area (Å²) in [5, 5.41) is 16.0. The number of hydrogen-bond acceptors (Lipinski definition) is 3. The summed E-state index contributed by atoms with van der Waals surface area (Å²) in [4.78, 5) is 25.2. The maximum Gasteiger partial charge on any atom is 0.311 e. The van der Waals surface area contributed by atoms with Gasteiger partial charge in [0.25, 0.3) is 5.91 Å². The molecule has 1 aliphatic heterocycles. The number of carboxylic acid groups (broad SMARTS) is 1. The number of carbonyl (C=O) groups excluding carboxylic acids is 1. The van der Waals surface area contributed by atoms with E-state index in [-0.39, 0.29) is 18.3 Å². The van der Waals surface area contributed by atoms with Crippen LogP contribution in [0.3, 0.4) is 0 Å². The molecule has 1 aromatic heterocycles. The largest absolute Gasteiger partial charge is 0.481 e. The Morgan fingerprint density at radius 3 is 2.65 bits per heavy atom. The van der Waals surface area contributed by atoms with E-state index in [1.807, 2.05) is 0 Å². The molecule has 0 saturated carbocycles. The Bertz CT molecular complexity index is 756. The van der Waals surface area contributed by atoms with Crippen molar-refractivity contribution in [3.05, 3.63) is 41.8 Å². The van der Waals surface area contributed by atoms with Crippen molar-refractivity contribution >= 4 is 11.9 Å². The number of rotatable bonds is 3. The van der Waals surface area contributed by atoms with E-state index < -0.39 is 11.4 Å². The SMILES string of the molecule is C[C@]1(C(=O)O)CCN(C(=O)c2cc(-c3ccc(F)cc3)n[nH]2)C1. The van der Waals surface area contributed by atoms with Crippen LogP contribution in [0, 0.1) is 11.2 Å². The van der Waals surface area contributed by atoms with E-state index in [2.05, 4.69) is 10.2 Å². The number of aliphatic carboxylic acids is 1. The first kappa shape index (κ1) is 15.2. The number of benzene rings is 1. The fraction of sp³-hybridized carbons (Fsp3) is 0.312. The van der Waals surface area contributed by atoms with Crippen LogP contribution in [-0.4, -0.2) is 45.2 Å². The quantitative estimate of drug-likeness (QED) is 0.908. The average Bonchev–Trinajstić information content (AvgIpc) is 3.15. The van der Waals surface area contributed by atoms with Crippen molar-refractivity contribution in [3.63, 3.8) is 0 Å². The topological polar surface area (TPSA) is 86.3 Å². The van der Waals surface area contributed by atoms with Crippen LogP contribution in [0.5, 0.6) is 0 Å². The summed E-state index contributed by atoms with van der Waals surface area (Å²) in [7, 11) is 0. The molecule has 1 atom stereocenters. The number of nitrogens with one attached hydrogen (secondary N) is 1. The number of amides is 1. The number of H-pyrrole nitrogens is 1. The molecule has 0 spiro atoms. The van der Waals surface area contributed by atoms with Gasteiger partial charge in [0.15, 0.2) is 0 Å². The number of aromatic amines is 1. The molecule has 1 aliphatic rings. The highest BCUT2D eigenvalue weighted by molar-refractivity contribution is 5.94. The zero-order valence-electron chi connectivity index (χ0n) is 12.5. The highest BCUT2D eigenvalue weighted by Gasteiger charge is 2.42. The van der Waals surface area contributed by atoms with E-state index in [4.69, 9.17) is 0 Å². The van der Waals surface area contributed by atoms with Gasteiger partial charge in [-0.1, -0.05) is 0 Å². The second kappa shape index (κ2) is 5.49. The molecule has 0 unspecified atom stereocenters. The van der Waals surface area contributed by atoms with Gasteiger partial charge in [0.2, 0.25) is 0 Å². The molecule has 0 bridgehead atoms. The lowest BCUT2D eigenvalue weighted by molar-refractivity contribution is -0.147. The molecular formula is C16H16FN3O3. The summed E-state index contributed by atoms with van der Waals surface area (Å²) in [5.41, 5.74) is 0.612. The monoisotopic (exact) mass is 317 g/mol. The van der Waals surface area contributed by atoms with Gasteiger partial charge in [-0.05, 0) is 43.7 Å². The molecule has 1 saturated heterocycles. The lowest BCUT2D eigenvalue weighted by Crippen LogP contribution is -2.35.